The van der Waals surface area contributed by atoms with Gasteiger partial charge < -0.3 is 25.8 Å². The first-order valence-electron chi connectivity index (χ1n) is 11.5. The summed E-state index contributed by atoms with van der Waals surface area (Å²) in [7, 11) is 2.06. The maximum absolute atomic E-state index is 13.4. The molecule has 1 aliphatic heterocycles. The number of benzene rings is 2. The third kappa shape index (κ3) is 5.55. The van der Waals surface area contributed by atoms with E-state index in [-0.39, 0.29) is 22.0 Å². The standard InChI is InChI=1S/C25H26ClFN6O3/c1-32-11-2-3-17(32)10-12-33(25(36)22-21(23(28)34)29-14-30-22)18-7-5-16(6-8-18)31-24(35)19-9-4-15(27)13-20(19)26/h4-9,13-14,17H,2-3,10-12H2,1H3,(H2,28,34)(H,29,30)(H,31,35). The molecule has 11 heteroatoms. The summed E-state index contributed by atoms with van der Waals surface area (Å²) >= 11 is 5.99. The number of amides is 3. The molecule has 4 rings (SSSR count). The van der Waals surface area contributed by atoms with Crippen molar-refractivity contribution < 1.29 is 18.8 Å². The van der Waals surface area contributed by atoms with Gasteiger partial charge in [0.25, 0.3) is 17.7 Å². The fourth-order valence-electron chi connectivity index (χ4n) is 4.35. The van der Waals surface area contributed by atoms with E-state index in [4.69, 9.17) is 17.3 Å². The highest BCUT2D eigenvalue weighted by Crippen LogP contribution is 2.25. The Kier molecular flexibility index (Phi) is 7.66. The van der Waals surface area contributed by atoms with E-state index in [1.165, 1.54) is 12.4 Å². The second-order valence-corrected chi connectivity index (χ2v) is 9.04. The smallest absolute Gasteiger partial charge is 0.277 e. The number of likely N-dealkylation sites (tertiary alicyclic amines) is 1. The van der Waals surface area contributed by atoms with Crippen molar-refractivity contribution in [3.05, 3.63) is 76.6 Å². The number of halogens is 2. The lowest BCUT2D eigenvalue weighted by molar-refractivity contribution is 0.0953. The zero-order valence-electron chi connectivity index (χ0n) is 19.6. The molecule has 0 radical (unpaired) electrons. The molecule has 1 aliphatic rings. The van der Waals surface area contributed by atoms with Gasteiger partial charge in [-0.25, -0.2) is 9.37 Å². The molecule has 36 heavy (non-hydrogen) atoms. The largest absolute Gasteiger partial charge is 0.364 e. The van der Waals surface area contributed by atoms with Crippen LogP contribution in [0.1, 0.15) is 50.6 Å². The van der Waals surface area contributed by atoms with Crippen molar-refractivity contribution in [2.24, 2.45) is 5.73 Å². The van der Waals surface area contributed by atoms with Crippen LogP contribution >= 0.6 is 11.6 Å². The van der Waals surface area contributed by atoms with Gasteiger partial charge in [0.15, 0.2) is 5.69 Å². The summed E-state index contributed by atoms with van der Waals surface area (Å²) in [4.78, 5) is 48.2. The maximum Gasteiger partial charge on any atom is 0.277 e. The number of anilines is 2. The Morgan fingerprint density at radius 3 is 2.64 bits per heavy atom. The molecule has 1 saturated heterocycles. The Morgan fingerprint density at radius 1 is 1.25 bits per heavy atom. The maximum atomic E-state index is 13.4. The Balaban J connectivity index is 1.55. The molecule has 1 unspecified atom stereocenters. The van der Waals surface area contributed by atoms with Gasteiger partial charge in [0.05, 0.1) is 16.9 Å². The molecule has 0 bridgehead atoms. The third-order valence-electron chi connectivity index (χ3n) is 6.30. The van der Waals surface area contributed by atoms with Gasteiger partial charge in [0.2, 0.25) is 0 Å². The van der Waals surface area contributed by atoms with E-state index in [0.29, 0.717) is 24.0 Å². The van der Waals surface area contributed by atoms with E-state index < -0.39 is 23.5 Å². The Hall–Kier alpha value is -3.76. The number of aromatic amines is 1. The van der Waals surface area contributed by atoms with Crippen LogP contribution in [0.3, 0.4) is 0 Å². The highest BCUT2D eigenvalue weighted by molar-refractivity contribution is 6.34. The molecule has 4 N–H and O–H groups in total. The lowest BCUT2D eigenvalue weighted by Crippen LogP contribution is -2.37. The van der Waals surface area contributed by atoms with E-state index in [1.54, 1.807) is 29.2 Å². The first-order valence-corrected chi connectivity index (χ1v) is 11.8. The number of nitrogens with one attached hydrogen (secondary N) is 2. The first-order chi connectivity index (χ1) is 17.2. The second-order valence-electron chi connectivity index (χ2n) is 8.64. The summed E-state index contributed by atoms with van der Waals surface area (Å²) in [5.41, 5.74) is 6.46. The number of imidazole rings is 1. The molecule has 188 valence electrons. The van der Waals surface area contributed by atoms with Gasteiger partial charge in [-0.1, -0.05) is 11.6 Å². The zero-order chi connectivity index (χ0) is 25.8. The predicted molar refractivity (Wildman–Crippen MR) is 135 cm³/mol. The predicted octanol–water partition coefficient (Wildman–Crippen LogP) is 3.68. The van der Waals surface area contributed by atoms with Crippen LogP contribution in [0.15, 0.2) is 48.8 Å². The number of H-pyrrole nitrogens is 1. The average molecular weight is 513 g/mol. The minimum atomic E-state index is -0.799. The molecular weight excluding hydrogens is 487 g/mol. The lowest BCUT2D eigenvalue weighted by Gasteiger charge is -2.26. The van der Waals surface area contributed by atoms with Gasteiger partial charge in [-0.3, -0.25) is 14.4 Å². The molecule has 1 atom stereocenters. The molecule has 1 aromatic heterocycles. The Morgan fingerprint density at radius 2 is 2.00 bits per heavy atom. The van der Waals surface area contributed by atoms with Gasteiger partial charge in [0.1, 0.15) is 11.5 Å². The van der Waals surface area contributed by atoms with Crippen LogP contribution in [-0.2, 0) is 0 Å². The van der Waals surface area contributed by atoms with Gasteiger partial charge in [-0.2, -0.15) is 0 Å². The van der Waals surface area contributed by atoms with Gasteiger partial charge >= 0.3 is 0 Å². The molecule has 3 amide bonds. The van der Waals surface area contributed by atoms with Crippen molar-refractivity contribution in [1.82, 2.24) is 14.9 Å². The second kappa shape index (κ2) is 10.9. The summed E-state index contributed by atoms with van der Waals surface area (Å²) in [5.74, 6) is -2.26. The Bertz CT molecular complexity index is 1280. The SMILES string of the molecule is CN1CCCC1CCN(C(=O)c1[nH]cnc1C(N)=O)c1ccc(NC(=O)c2ccc(F)cc2Cl)cc1. The number of carbonyl (C=O) groups excluding carboxylic acids is 3. The van der Waals surface area contributed by atoms with E-state index >= 15 is 0 Å². The van der Waals surface area contributed by atoms with Gasteiger partial charge in [-0.05, 0) is 75.3 Å². The number of rotatable bonds is 8. The van der Waals surface area contributed by atoms with E-state index in [9.17, 15) is 18.8 Å². The van der Waals surface area contributed by atoms with Gasteiger partial charge in [0, 0.05) is 24.0 Å². The average Bonchev–Trinajstić information content (AvgIpc) is 3.49. The van der Waals surface area contributed by atoms with Crippen LogP contribution in [0, 0.1) is 5.82 Å². The minimum Gasteiger partial charge on any atom is -0.364 e. The highest BCUT2D eigenvalue weighted by Gasteiger charge is 2.27. The van der Waals surface area contributed by atoms with Crippen molar-refractivity contribution in [3.8, 4) is 0 Å². The van der Waals surface area contributed by atoms with Crippen molar-refractivity contribution in [2.45, 2.75) is 25.3 Å². The topological polar surface area (TPSA) is 124 Å². The van der Waals surface area contributed by atoms with Crippen molar-refractivity contribution in [3.63, 3.8) is 0 Å². The van der Waals surface area contributed by atoms with Crippen LogP contribution < -0.4 is 16.0 Å². The molecule has 9 nitrogen and oxygen atoms in total. The molecule has 2 aromatic carbocycles. The molecule has 2 heterocycles. The van der Waals surface area contributed by atoms with E-state index in [0.717, 1.165) is 37.9 Å². The van der Waals surface area contributed by atoms with Crippen molar-refractivity contribution in [1.29, 1.82) is 0 Å². The number of primary amides is 1. The summed E-state index contributed by atoms with van der Waals surface area (Å²) in [5, 5.41) is 2.72. The molecule has 1 fully saturated rings. The normalized spacial score (nSPS) is 15.6. The summed E-state index contributed by atoms with van der Waals surface area (Å²) in [6.45, 7) is 1.42. The lowest BCUT2D eigenvalue weighted by atomic mass is 10.1. The molecule has 0 aliphatic carbocycles. The van der Waals surface area contributed by atoms with Crippen molar-refractivity contribution in [2.75, 3.05) is 30.4 Å². The number of carbonyl (C=O) groups is 3. The van der Waals surface area contributed by atoms with E-state index in [1.807, 2.05) is 0 Å². The number of nitrogens with two attached hydrogens (primary N) is 1. The summed E-state index contributed by atoms with van der Waals surface area (Å²) in [6.07, 6.45) is 4.15. The quantitative estimate of drug-likeness (QED) is 0.424. The van der Waals surface area contributed by atoms with Crippen LogP contribution in [0.2, 0.25) is 5.02 Å². The fourth-order valence-corrected chi connectivity index (χ4v) is 4.60. The highest BCUT2D eigenvalue weighted by atomic mass is 35.5. The molecule has 0 spiro atoms. The summed E-state index contributed by atoms with van der Waals surface area (Å²) in [6, 6.07) is 10.6. The molecule has 3 aromatic rings. The van der Waals surface area contributed by atoms with E-state index in [2.05, 4.69) is 27.2 Å². The Labute approximate surface area is 212 Å². The first kappa shape index (κ1) is 25.3. The zero-order valence-corrected chi connectivity index (χ0v) is 20.4. The third-order valence-corrected chi connectivity index (χ3v) is 6.61. The van der Waals surface area contributed by atoms with Crippen LogP contribution in [-0.4, -0.2) is 58.8 Å². The van der Waals surface area contributed by atoms with Crippen molar-refractivity contribution >= 4 is 40.7 Å². The summed E-state index contributed by atoms with van der Waals surface area (Å²) < 4.78 is 13.3. The minimum absolute atomic E-state index is 0.00239. The number of nitrogens with zero attached hydrogens (tertiary/aromatic N) is 3. The monoisotopic (exact) mass is 512 g/mol. The van der Waals surface area contributed by atoms with Crippen LogP contribution in [0.5, 0.6) is 0 Å². The number of hydrogen-bond donors (Lipinski definition) is 3. The van der Waals surface area contributed by atoms with Gasteiger partial charge in [-0.15, -0.1) is 0 Å². The molecule has 0 saturated carbocycles. The fraction of sp³-hybridized carbons (Fsp3) is 0.280. The van der Waals surface area contributed by atoms with Crippen LogP contribution in [0.25, 0.3) is 0 Å². The van der Waals surface area contributed by atoms with Crippen LogP contribution in [0.4, 0.5) is 15.8 Å². The number of hydrogen-bond acceptors (Lipinski definition) is 5. The number of aromatic nitrogens is 2. The molecular formula is C25H26ClFN6O3.